The molecule has 0 heterocycles. The van der Waals surface area contributed by atoms with E-state index in [0.29, 0.717) is 0 Å². The van der Waals surface area contributed by atoms with Crippen LogP contribution in [0.1, 0.15) is 78.1 Å². The second-order valence-electron chi connectivity index (χ2n) is 7.53. The molecule has 0 aliphatic heterocycles. The van der Waals surface area contributed by atoms with Crippen molar-refractivity contribution in [3.05, 3.63) is 0 Å². The van der Waals surface area contributed by atoms with E-state index in [4.69, 9.17) is 9.94 Å². The number of carbonyl (C=O) groups is 2. The predicted molar refractivity (Wildman–Crippen MR) is 89.8 cm³/mol. The van der Waals surface area contributed by atoms with Crippen LogP contribution in [0.25, 0.3) is 0 Å². The van der Waals surface area contributed by atoms with E-state index in [9.17, 15) is 9.59 Å². The first kappa shape index (κ1) is 19.9. The summed E-state index contributed by atoms with van der Waals surface area (Å²) in [6.07, 6.45) is 10.7. The van der Waals surface area contributed by atoms with Crippen molar-refractivity contribution in [3.63, 3.8) is 0 Å². The second kappa shape index (κ2) is 8.67. The van der Waals surface area contributed by atoms with Gasteiger partial charge in [-0.15, -0.1) is 0 Å². The fourth-order valence-electron chi connectivity index (χ4n) is 3.55. The number of carbonyl (C=O) groups excluding carboxylic acids is 1. The summed E-state index contributed by atoms with van der Waals surface area (Å²) < 4.78 is 0. The Morgan fingerprint density at radius 1 is 0.870 bits per heavy atom. The van der Waals surface area contributed by atoms with Crippen LogP contribution in [0.4, 0.5) is 0 Å². The zero-order chi connectivity index (χ0) is 17.5. The van der Waals surface area contributed by atoms with Gasteiger partial charge in [-0.3, -0.25) is 14.4 Å². The number of rotatable bonds is 3. The molecule has 0 bridgehead atoms. The highest BCUT2D eigenvalue weighted by Crippen LogP contribution is 2.37. The topological polar surface area (TPSA) is 66.8 Å². The summed E-state index contributed by atoms with van der Waals surface area (Å²) in [5.74, 6) is -0.498. The Balaban J connectivity index is 0.000000238. The molecule has 2 aliphatic carbocycles. The number of hydrogen-bond donors (Lipinski definition) is 1. The molecule has 23 heavy (non-hydrogen) atoms. The van der Waals surface area contributed by atoms with Crippen LogP contribution in [0.3, 0.4) is 0 Å². The SMILES string of the molecule is CC1(C(=O)O)CCCCC1.CON(C)C(=O)C1(C)CCCCC1. The Kier molecular flexibility index (Phi) is 7.52. The molecule has 0 unspecified atom stereocenters. The summed E-state index contributed by atoms with van der Waals surface area (Å²) in [6, 6.07) is 0. The molecule has 2 rings (SSSR count). The van der Waals surface area contributed by atoms with E-state index in [-0.39, 0.29) is 11.3 Å². The molecule has 2 aliphatic rings. The fraction of sp³-hybridized carbons (Fsp3) is 0.889. The molecule has 0 aromatic carbocycles. The largest absolute Gasteiger partial charge is 0.481 e. The summed E-state index contributed by atoms with van der Waals surface area (Å²) >= 11 is 0. The Labute approximate surface area is 140 Å². The van der Waals surface area contributed by atoms with Crippen molar-refractivity contribution in [2.75, 3.05) is 14.2 Å². The van der Waals surface area contributed by atoms with Gasteiger partial charge in [-0.05, 0) is 32.6 Å². The van der Waals surface area contributed by atoms with Crippen LogP contribution in [0.15, 0.2) is 0 Å². The van der Waals surface area contributed by atoms with Gasteiger partial charge in [0.1, 0.15) is 0 Å². The highest BCUT2D eigenvalue weighted by molar-refractivity contribution is 5.81. The molecular weight excluding hydrogens is 294 g/mol. The number of aliphatic carboxylic acids is 1. The highest BCUT2D eigenvalue weighted by Gasteiger charge is 2.36. The standard InChI is InChI=1S/C10H19NO2.C8H14O2/c1-10(7-5-4-6-8-10)9(12)11(2)13-3;1-8(7(9)10)5-3-2-4-6-8/h4-8H2,1-3H3;2-6H2,1H3,(H,9,10). The van der Waals surface area contributed by atoms with Gasteiger partial charge in [-0.25, -0.2) is 5.06 Å². The summed E-state index contributed by atoms with van der Waals surface area (Å²) in [7, 11) is 3.21. The molecule has 0 aromatic rings. The zero-order valence-electron chi connectivity index (χ0n) is 15.2. The molecule has 1 amide bonds. The summed E-state index contributed by atoms with van der Waals surface area (Å²) in [5.41, 5.74) is -0.582. The second-order valence-corrected chi connectivity index (χ2v) is 7.53. The third kappa shape index (κ3) is 5.48. The van der Waals surface area contributed by atoms with Gasteiger partial charge in [0.2, 0.25) is 0 Å². The molecule has 5 heteroatoms. The van der Waals surface area contributed by atoms with Crippen molar-refractivity contribution in [1.29, 1.82) is 0 Å². The maximum absolute atomic E-state index is 11.9. The molecule has 0 radical (unpaired) electrons. The lowest BCUT2D eigenvalue weighted by molar-refractivity contribution is -0.181. The first-order chi connectivity index (χ1) is 10.7. The lowest BCUT2D eigenvalue weighted by Crippen LogP contribution is -2.40. The maximum atomic E-state index is 11.9. The minimum absolute atomic E-state index is 0.120. The number of hydrogen-bond acceptors (Lipinski definition) is 3. The quantitative estimate of drug-likeness (QED) is 0.795. The zero-order valence-corrected chi connectivity index (χ0v) is 15.2. The van der Waals surface area contributed by atoms with Crippen molar-refractivity contribution < 1.29 is 19.5 Å². The Bertz CT molecular complexity index is 396. The number of nitrogens with zero attached hydrogens (tertiary/aromatic N) is 1. The van der Waals surface area contributed by atoms with Gasteiger partial charge in [0.25, 0.3) is 5.91 Å². The number of carboxylic acids is 1. The maximum Gasteiger partial charge on any atom is 0.309 e. The van der Waals surface area contributed by atoms with Gasteiger partial charge in [0, 0.05) is 12.5 Å². The van der Waals surface area contributed by atoms with Gasteiger partial charge in [0.15, 0.2) is 0 Å². The van der Waals surface area contributed by atoms with Gasteiger partial charge >= 0.3 is 5.97 Å². The van der Waals surface area contributed by atoms with Crippen LogP contribution < -0.4 is 0 Å². The first-order valence-electron chi connectivity index (χ1n) is 8.81. The van der Waals surface area contributed by atoms with Crippen LogP contribution in [0.2, 0.25) is 0 Å². The van der Waals surface area contributed by atoms with Gasteiger partial charge in [0.05, 0.1) is 12.5 Å². The van der Waals surface area contributed by atoms with E-state index >= 15 is 0 Å². The Morgan fingerprint density at radius 2 is 1.26 bits per heavy atom. The van der Waals surface area contributed by atoms with Crippen LogP contribution in [-0.2, 0) is 14.4 Å². The van der Waals surface area contributed by atoms with Gasteiger partial charge < -0.3 is 5.11 Å². The van der Waals surface area contributed by atoms with Crippen LogP contribution in [0.5, 0.6) is 0 Å². The minimum Gasteiger partial charge on any atom is -0.481 e. The minimum atomic E-state index is -0.618. The van der Waals surface area contributed by atoms with Crippen molar-refractivity contribution in [1.82, 2.24) is 5.06 Å². The van der Waals surface area contributed by atoms with Crippen LogP contribution in [0, 0.1) is 10.8 Å². The predicted octanol–water partition coefficient (Wildman–Crippen LogP) is 4.02. The number of amides is 1. The lowest BCUT2D eigenvalue weighted by Gasteiger charge is -2.34. The lowest BCUT2D eigenvalue weighted by atomic mass is 9.75. The molecule has 134 valence electrons. The third-order valence-electron chi connectivity index (χ3n) is 5.51. The molecule has 1 N–H and O–H groups in total. The smallest absolute Gasteiger partial charge is 0.309 e. The molecule has 2 fully saturated rings. The summed E-state index contributed by atoms with van der Waals surface area (Å²) in [4.78, 5) is 27.4. The third-order valence-corrected chi connectivity index (χ3v) is 5.51. The van der Waals surface area contributed by atoms with Crippen molar-refractivity contribution >= 4 is 11.9 Å². The van der Waals surface area contributed by atoms with E-state index in [1.165, 1.54) is 37.9 Å². The molecule has 0 spiro atoms. The van der Waals surface area contributed by atoms with E-state index in [1.54, 1.807) is 7.05 Å². The summed E-state index contributed by atoms with van der Waals surface area (Å²) in [5, 5.41) is 10.1. The average molecular weight is 327 g/mol. The van der Waals surface area contributed by atoms with Crippen LogP contribution in [-0.4, -0.2) is 36.2 Å². The fourth-order valence-corrected chi connectivity index (χ4v) is 3.55. The van der Waals surface area contributed by atoms with Crippen molar-refractivity contribution in [2.45, 2.75) is 78.1 Å². The monoisotopic (exact) mass is 327 g/mol. The van der Waals surface area contributed by atoms with Gasteiger partial charge in [-0.1, -0.05) is 45.4 Å². The van der Waals surface area contributed by atoms with E-state index < -0.39 is 11.4 Å². The molecule has 0 aromatic heterocycles. The van der Waals surface area contributed by atoms with Crippen LogP contribution >= 0.6 is 0 Å². The van der Waals surface area contributed by atoms with Gasteiger partial charge in [-0.2, -0.15) is 0 Å². The summed E-state index contributed by atoms with van der Waals surface area (Å²) in [6.45, 7) is 3.90. The first-order valence-corrected chi connectivity index (χ1v) is 8.81. The van der Waals surface area contributed by atoms with Crippen molar-refractivity contribution in [2.24, 2.45) is 10.8 Å². The highest BCUT2D eigenvalue weighted by atomic mass is 16.7. The van der Waals surface area contributed by atoms with E-state index in [0.717, 1.165) is 38.5 Å². The van der Waals surface area contributed by atoms with E-state index in [2.05, 4.69) is 0 Å². The molecule has 2 saturated carbocycles. The molecule has 0 atom stereocenters. The molecule has 5 nitrogen and oxygen atoms in total. The molecular formula is C18H33NO4. The number of carboxylic acid groups (broad SMARTS) is 1. The van der Waals surface area contributed by atoms with Crippen molar-refractivity contribution in [3.8, 4) is 0 Å². The molecule has 0 saturated heterocycles. The van der Waals surface area contributed by atoms with E-state index in [1.807, 2.05) is 13.8 Å². The normalized spacial score (nSPS) is 22.4. The average Bonchev–Trinajstić information content (AvgIpc) is 2.55. The Hall–Kier alpha value is -1.10. The Morgan fingerprint density at radius 3 is 1.57 bits per heavy atom. The number of hydroxylamine groups is 2.